The van der Waals surface area contributed by atoms with Crippen LogP contribution in [0.15, 0.2) is 29.6 Å². The number of thiazole rings is 1. The van der Waals surface area contributed by atoms with Crippen molar-refractivity contribution in [1.82, 2.24) is 4.98 Å². The minimum atomic E-state index is 0.384. The standard InChI is InChI=1S/C16H18ClNS2/c1-16(2)9-12(7-8-20-16)15-18-14(10-19-15)11-3-5-13(17)6-4-11/h3-6,10,12H,7-9H2,1-2H3/t12-/m0/s1. The van der Waals surface area contributed by atoms with Gasteiger partial charge in [0.25, 0.3) is 0 Å². The molecule has 1 aliphatic rings. The highest BCUT2D eigenvalue weighted by Gasteiger charge is 2.31. The topological polar surface area (TPSA) is 12.9 Å². The van der Waals surface area contributed by atoms with Gasteiger partial charge in [0, 0.05) is 26.6 Å². The molecule has 0 radical (unpaired) electrons. The Morgan fingerprint density at radius 1 is 1.25 bits per heavy atom. The van der Waals surface area contributed by atoms with Crippen LogP contribution in [0, 0.1) is 0 Å². The summed E-state index contributed by atoms with van der Waals surface area (Å²) in [4.78, 5) is 4.87. The van der Waals surface area contributed by atoms with Crippen LogP contribution in [-0.4, -0.2) is 15.5 Å². The van der Waals surface area contributed by atoms with Crippen LogP contribution in [0.3, 0.4) is 0 Å². The van der Waals surface area contributed by atoms with E-state index in [1.165, 1.54) is 23.6 Å². The lowest BCUT2D eigenvalue weighted by molar-refractivity contribution is 0.504. The molecule has 1 atom stereocenters. The van der Waals surface area contributed by atoms with Crippen LogP contribution < -0.4 is 0 Å². The maximum atomic E-state index is 5.94. The Labute approximate surface area is 133 Å². The number of benzene rings is 1. The fourth-order valence-corrected chi connectivity index (χ4v) is 5.04. The number of aromatic nitrogens is 1. The maximum absolute atomic E-state index is 5.94. The van der Waals surface area contributed by atoms with Gasteiger partial charge in [-0.1, -0.05) is 37.6 Å². The Balaban J connectivity index is 1.81. The van der Waals surface area contributed by atoms with Crippen molar-refractivity contribution in [2.75, 3.05) is 5.75 Å². The van der Waals surface area contributed by atoms with Crippen molar-refractivity contribution in [2.45, 2.75) is 37.4 Å². The van der Waals surface area contributed by atoms with E-state index in [4.69, 9.17) is 16.6 Å². The zero-order chi connectivity index (χ0) is 14.2. The third-order valence-electron chi connectivity index (χ3n) is 3.71. The van der Waals surface area contributed by atoms with Gasteiger partial charge in [0.2, 0.25) is 0 Å². The summed E-state index contributed by atoms with van der Waals surface area (Å²) in [6, 6.07) is 7.94. The largest absolute Gasteiger partial charge is 0.241 e. The Bertz CT molecular complexity index is 589. The Kier molecular flexibility index (Phi) is 4.11. The molecule has 0 spiro atoms. The Hall–Kier alpha value is -0.510. The van der Waals surface area contributed by atoms with Gasteiger partial charge in [-0.3, -0.25) is 0 Å². The molecule has 0 N–H and O–H groups in total. The van der Waals surface area contributed by atoms with Crippen LogP contribution in [0.5, 0.6) is 0 Å². The Morgan fingerprint density at radius 3 is 2.70 bits per heavy atom. The van der Waals surface area contributed by atoms with E-state index in [1.807, 2.05) is 24.3 Å². The molecular formula is C16H18ClNS2. The smallest absolute Gasteiger partial charge is 0.0964 e. The Morgan fingerprint density at radius 2 is 2.00 bits per heavy atom. The highest BCUT2D eigenvalue weighted by molar-refractivity contribution is 8.00. The van der Waals surface area contributed by atoms with Crippen molar-refractivity contribution in [3.8, 4) is 11.3 Å². The third kappa shape index (κ3) is 3.21. The lowest BCUT2D eigenvalue weighted by Crippen LogP contribution is -2.24. The van der Waals surface area contributed by atoms with E-state index in [0.29, 0.717) is 10.7 Å². The molecular weight excluding hydrogens is 306 g/mol. The molecule has 0 saturated carbocycles. The van der Waals surface area contributed by atoms with Gasteiger partial charge in [0.15, 0.2) is 0 Å². The van der Waals surface area contributed by atoms with E-state index < -0.39 is 0 Å². The average Bonchev–Trinajstić information content (AvgIpc) is 2.88. The van der Waals surface area contributed by atoms with Crippen molar-refractivity contribution in [3.63, 3.8) is 0 Å². The summed E-state index contributed by atoms with van der Waals surface area (Å²) in [6.07, 6.45) is 2.48. The van der Waals surface area contributed by atoms with Gasteiger partial charge in [-0.25, -0.2) is 4.98 Å². The molecule has 1 aromatic carbocycles. The minimum Gasteiger partial charge on any atom is -0.241 e. The predicted octanol–water partition coefficient (Wildman–Crippen LogP) is 5.85. The molecule has 20 heavy (non-hydrogen) atoms. The number of thioether (sulfide) groups is 1. The summed E-state index contributed by atoms with van der Waals surface area (Å²) in [5.41, 5.74) is 2.24. The fourth-order valence-electron chi connectivity index (χ4n) is 2.67. The molecule has 1 aromatic heterocycles. The molecule has 106 valence electrons. The molecule has 2 heterocycles. The highest BCUT2D eigenvalue weighted by Crippen LogP contribution is 2.44. The second-order valence-corrected chi connectivity index (χ2v) is 9.00. The van der Waals surface area contributed by atoms with E-state index in [-0.39, 0.29) is 0 Å². The van der Waals surface area contributed by atoms with Crippen molar-refractivity contribution in [1.29, 1.82) is 0 Å². The van der Waals surface area contributed by atoms with Crippen LogP contribution in [-0.2, 0) is 0 Å². The average molecular weight is 324 g/mol. The van der Waals surface area contributed by atoms with Crippen LogP contribution in [0.25, 0.3) is 11.3 Å². The van der Waals surface area contributed by atoms with Crippen molar-refractivity contribution in [3.05, 3.63) is 39.7 Å². The summed E-state index contributed by atoms with van der Waals surface area (Å²) in [7, 11) is 0. The van der Waals surface area contributed by atoms with E-state index in [2.05, 4.69) is 31.0 Å². The first-order chi connectivity index (χ1) is 9.53. The van der Waals surface area contributed by atoms with E-state index >= 15 is 0 Å². The molecule has 2 aromatic rings. The van der Waals surface area contributed by atoms with Gasteiger partial charge in [0.1, 0.15) is 0 Å². The minimum absolute atomic E-state index is 0.384. The number of hydrogen-bond acceptors (Lipinski definition) is 3. The first-order valence-corrected chi connectivity index (χ1v) is 9.13. The van der Waals surface area contributed by atoms with E-state index in [9.17, 15) is 0 Å². The molecule has 1 fully saturated rings. The lowest BCUT2D eigenvalue weighted by atomic mass is 9.94. The summed E-state index contributed by atoms with van der Waals surface area (Å²) < 4.78 is 0.384. The summed E-state index contributed by atoms with van der Waals surface area (Å²) in [5.74, 6) is 1.87. The van der Waals surface area contributed by atoms with Crippen LogP contribution in [0.1, 0.15) is 37.6 Å². The van der Waals surface area contributed by atoms with Crippen molar-refractivity contribution >= 4 is 34.7 Å². The molecule has 1 nitrogen and oxygen atoms in total. The summed E-state index contributed by atoms with van der Waals surface area (Å²) in [6.45, 7) is 4.69. The first kappa shape index (κ1) is 14.4. The number of nitrogens with zero attached hydrogens (tertiary/aromatic N) is 1. The first-order valence-electron chi connectivity index (χ1n) is 6.89. The van der Waals surface area contributed by atoms with Gasteiger partial charge in [-0.05, 0) is 30.7 Å². The molecule has 3 rings (SSSR count). The van der Waals surface area contributed by atoms with E-state index in [0.717, 1.165) is 16.3 Å². The lowest BCUT2D eigenvalue weighted by Gasteiger charge is -2.33. The zero-order valence-electron chi connectivity index (χ0n) is 11.7. The summed E-state index contributed by atoms with van der Waals surface area (Å²) >= 11 is 9.83. The zero-order valence-corrected chi connectivity index (χ0v) is 14.1. The fraction of sp³-hybridized carbons (Fsp3) is 0.438. The molecule has 0 amide bonds. The van der Waals surface area contributed by atoms with Crippen LogP contribution in [0.4, 0.5) is 0 Å². The number of hydrogen-bond donors (Lipinski definition) is 0. The predicted molar refractivity (Wildman–Crippen MR) is 91.1 cm³/mol. The van der Waals surface area contributed by atoms with Crippen molar-refractivity contribution < 1.29 is 0 Å². The quantitative estimate of drug-likeness (QED) is 0.687. The second kappa shape index (κ2) is 5.70. The molecule has 1 aliphatic heterocycles. The van der Waals surface area contributed by atoms with Crippen LogP contribution in [0.2, 0.25) is 5.02 Å². The van der Waals surface area contributed by atoms with Crippen LogP contribution >= 0.6 is 34.7 Å². The summed E-state index contributed by atoms with van der Waals surface area (Å²) in [5, 5.41) is 4.24. The van der Waals surface area contributed by atoms with Gasteiger partial charge >= 0.3 is 0 Å². The monoisotopic (exact) mass is 323 g/mol. The highest BCUT2D eigenvalue weighted by atomic mass is 35.5. The van der Waals surface area contributed by atoms with Gasteiger partial charge in [0.05, 0.1) is 10.7 Å². The van der Waals surface area contributed by atoms with E-state index in [1.54, 1.807) is 11.3 Å². The molecule has 1 saturated heterocycles. The van der Waals surface area contributed by atoms with Gasteiger partial charge in [-0.15, -0.1) is 11.3 Å². The number of rotatable bonds is 2. The second-order valence-electron chi connectivity index (χ2n) is 5.88. The molecule has 4 heteroatoms. The number of halogens is 1. The third-order valence-corrected chi connectivity index (χ3v) is 6.36. The molecule has 0 bridgehead atoms. The van der Waals surface area contributed by atoms with Crippen molar-refractivity contribution in [2.24, 2.45) is 0 Å². The van der Waals surface area contributed by atoms with Gasteiger partial charge < -0.3 is 0 Å². The van der Waals surface area contributed by atoms with Gasteiger partial charge in [-0.2, -0.15) is 11.8 Å². The molecule has 0 aliphatic carbocycles. The SMILES string of the molecule is CC1(C)C[C@@H](c2nc(-c3ccc(Cl)cc3)cs2)CCS1. The normalized spacial score (nSPS) is 21.9. The molecule has 0 unspecified atom stereocenters. The maximum Gasteiger partial charge on any atom is 0.0964 e.